The second kappa shape index (κ2) is 7.19. The molecule has 0 bridgehead atoms. The molecule has 1 amide bonds. The van der Waals surface area contributed by atoms with Gasteiger partial charge in [-0.25, -0.2) is 17.8 Å². The van der Waals surface area contributed by atoms with Crippen molar-refractivity contribution in [3.8, 4) is 5.69 Å². The topological polar surface area (TPSA) is 93.1 Å². The van der Waals surface area contributed by atoms with Crippen molar-refractivity contribution < 1.29 is 13.2 Å². The van der Waals surface area contributed by atoms with E-state index < -0.39 is 10.0 Å². The molecule has 2 aromatic rings. The smallest absolute Gasteiger partial charge is 0.221 e. The van der Waals surface area contributed by atoms with Crippen molar-refractivity contribution in [1.29, 1.82) is 0 Å². The van der Waals surface area contributed by atoms with Crippen LogP contribution in [-0.4, -0.2) is 36.9 Å². The number of sulfonamides is 1. The van der Waals surface area contributed by atoms with E-state index in [9.17, 15) is 13.2 Å². The highest BCUT2D eigenvalue weighted by Crippen LogP contribution is 2.07. The number of rotatable bonds is 7. The van der Waals surface area contributed by atoms with Gasteiger partial charge in [0.15, 0.2) is 0 Å². The van der Waals surface area contributed by atoms with Crippen molar-refractivity contribution in [2.45, 2.75) is 13.0 Å². The zero-order valence-electron chi connectivity index (χ0n) is 12.2. The Morgan fingerprint density at radius 1 is 1.27 bits per heavy atom. The Morgan fingerprint density at radius 2 is 2.00 bits per heavy atom. The monoisotopic (exact) mass is 322 g/mol. The Labute approximate surface area is 129 Å². The minimum Gasteiger partial charge on any atom is -0.352 e. The molecule has 118 valence electrons. The van der Waals surface area contributed by atoms with Crippen LogP contribution < -0.4 is 10.0 Å². The molecule has 0 saturated heterocycles. The van der Waals surface area contributed by atoms with E-state index in [1.165, 1.54) is 0 Å². The third-order valence-electron chi connectivity index (χ3n) is 2.86. The van der Waals surface area contributed by atoms with Crippen LogP contribution in [-0.2, 0) is 21.4 Å². The predicted molar refractivity (Wildman–Crippen MR) is 82.9 cm³/mol. The summed E-state index contributed by atoms with van der Waals surface area (Å²) in [6.07, 6.45) is 4.68. The summed E-state index contributed by atoms with van der Waals surface area (Å²) in [6.45, 7) is 0.443. The highest BCUT2D eigenvalue weighted by Gasteiger charge is 2.06. The number of benzene rings is 1. The van der Waals surface area contributed by atoms with E-state index >= 15 is 0 Å². The van der Waals surface area contributed by atoms with Crippen LogP contribution in [0.1, 0.15) is 12.0 Å². The summed E-state index contributed by atoms with van der Waals surface area (Å²) in [4.78, 5) is 11.6. The highest BCUT2D eigenvalue weighted by molar-refractivity contribution is 7.88. The van der Waals surface area contributed by atoms with Crippen LogP contribution in [0.2, 0.25) is 0 Å². The van der Waals surface area contributed by atoms with Gasteiger partial charge in [0.1, 0.15) is 0 Å². The zero-order valence-corrected chi connectivity index (χ0v) is 13.0. The van der Waals surface area contributed by atoms with Crippen LogP contribution in [0, 0.1) is 0 Å². The molecule has 0 spiro atoms. The fourth-order valence-electron chi connectivity index (χ4n) is 1.81. The fraction of sp³-hybridized carbons (Fsp3) is 0.286. The Bertz CT molecular complexity index is 726. The van der Waals surface area contributed by atoms with E-state index in [2.05, 4.69) is 15.1 Å². The first-order chi connectivity index (χ1) is 10.4. The molecular weight excluding hydrogens is 304 g/mol. The Kier molecular flexibility index (Phi) is 5.29. The van der Waals surface area contributed by atoms with E-state index in [0.717, 1.165) is 17.5 Å². The van der Waals surface area contributed by atoms with Gasteiger partial charge < -0.3 is 5.32 Å². The van der Waals surface area contributed by atoms with Gasteiger partial charge in [0.05, 0.1) is 18.1 Å². The standard InChI is InChI=1S/C14H18N4O3S/c1-22(20,21)17-8-7-14(19)15-9-12-10-16-18(11-12)13-5-3-2-4-6-13/h2-6,10-11,17H,7-9H2,1H3,(H,15,19). The van der Waals surface area contributed by atoms with Gasteiger partial charge in [-0.05, 0) is 12.1 Å². The highest BCUT2D eigenvalue weighted by atomic mass is 32.2. The summed E-state index contributed by atoms with van der Waals surface area (Å²) in [5, 5.41) is 6.96. The van der Waals surface area contributed by atoms with Gasteiger partial charge in [0.25, 0.3) is 0 Å². The Hall–Kier alpha value is -2.19. The van der Waals surface area contributed by atoms with Gasteiger partial charge in [0, 0.05) is 31.3 Å². The first-order valence-corrected chi connectivity index (χ1v) is 8.63. The number of hydrogen-bond acceptors (Lipinski definition) is 4. The molecule has 0 aliphatic heterocycles. The molecule has 0 atom stereocenters. The van der Waals surface area contributed by atoms with Crippen LogP contribution in [0.3, 0.4) is 0 Å². The molecular formula is C14H18N4O3S. The van der Waals surface area contributed by atoms with Crippen LogP contribution >= 0.6 is 0 Å². The number of nitrogens with zero attached hydrogens (tertiary/aromatic N) is 2. The van der Waals surface area contributed by atoms with Gasteiger partial charge in [-0.2, -0.15) is 5.10 Å². The lowest BCUT2D eigenvalue weighted by Crippen LogP contribution is -2.29. The summed E-state index contributed by atoms with van der Waals surface area (Å²) in [5.74, 6) is -0.219. The normalized spacial score (nSPS) is 11.3. The largest absolute Gasteiger partial charge is 0.352 e. The summed E-state index contributed by atoms with van der Waals surface area (Å²) in [5.41, 5.74) is 1.81. The lowest BCUT2D eigenvalue weighted by Gasteiger charge is -2.04. The number of hydrogen-bond donors (Lipinski definition) is 2. The van der Waals surface area contributed by atoms with Crippen molar-refractivity contribution >= 4 is 15.9 Å². The quantitative estimate of drug-likeness (QED) is 0.773. The van der Waals surface area contributed by atoms with Crippen molar-refractivity contribution in [2.24, 2.45) is 0 Å². The molecule has 7 nitrogen and oxygen atoms in total. The molecule has 8 heteroatoms. The van der Waals surface area contributed by atoms with Crippen LogP contribution in [0.25, 0.3) is 5.69 Å². The van der Waals surface area contributed by atoms with Gasteiger partial charge >= 0.3 is 0 Å². The van der Waals surface area contributed by atoms with Crippen LogP contribution in [0.4, 0.5) is 0 Å². The van der Waals surface area contributed by atoms with Crippen LogP contribution in [0.5, 0.6) is 0 Å². The molecule has 0 unspecified atom stereocenters. The van der Waals surface area contributed by atoms with E-state index in [-0.39, 0.29) is 18.9 Å². The molecule has 2 rings (SSSR count). The molecule has 2 N–H and O–H groups in total. The number of para-hydroxylation sites is 1. The average molecular weight is 322 g/mol. The first kappa shape index (κ1) is 16.2. The van der Waals surface area contributed by atoms with Crippen LogP contribution in [0.15, 0.2) is 42.7 Å². The van der Waals surface area contributed by atoms with E-state index in [1.54, 1.807) is 10.9 Å². The second-order valence-electron chi connectivity index (χ2n) is 4.82. The van der Waals surface area contributed by atoms with Gasteiger partial charge in [0.2, 0.25) is 15.9 Å². The van der Waals surface area contributed by atoms with Gasteiger partial charge in [-0.15, -0.1) is 0 Å². The number of nitrogens with one attached hydrogen (secondary N) is 2. The number of aromatic nitrogens is 2. The Balaban J connectivity index is 1.80. The van der Waals surface area contributed by atoms with Crippen molar-refractivity contribution in [2.75, 3.05) is 12.8 Å². The maximum atomic E-state index is 11.6. The third kappa shape index (κ3) is 5.30. The minimum absolute atomic E-state index is 0.0912. The summed E-state index contributed by atoms with van der Waals surface area (Å²) >= 11 is 0. The van der Waals surface area contributed by atoms with E-state index in [4.69, 9.17) is 0 Å². The first-order valence-electron chi connectivity index (χ1n) is 6.74. The molecule has 0 saturated carbocycles. The van der Waals surface area contributed by atoms with Crippen molar-refractivity contribution in [3.63, 3.8) is 0 Å². The van der Waals surface area contributed by atoms with E-state index in [1.807, 2.05) is 36.5 Å². The second-order valence-corrected chi connectivity index (χ2v) is 6.65. The molecule has 1 aromatic heterocycles. The van der Waals surface area contributed by atoms with E-state index in [0.29, 0.717) is 6.54 Å². The number of carbonyl (C=O) groups excluding carboxylic acids is 1. The maximum Gasteiger partial charge on any atom is 0.221 e. The summed E-state index contributed by atoms with van der Waals surface area (Å²) in [7, 11) is -3.26. The zero-order chi connectivity index (χ0) is 16.0. The molecule has 22 heavy (non-hydrogen) atoms. The van der Waals surface area contributed by atoms with Gasteiger partial charge in [-0.3, -0.25) is 4.79 Å². The molecule has 1 heterocycles. The van der Waals surface area contributed by atoms with Crippen molar-refractivity contribution in [1.82, 2.24) is 19.8 Å². The minimum atomic E-state index is -3.26. The SMILES string of the molecule is CS(=O)(=O)NCCC(=O)NCc1cnn(-c2ccccc2)c1. The fourth-order valence-corrected chi connectivity index (χ4v) is 2.29. The summed E-state index contributed by atoms with van der Waals surface area (Å²) in [6, 6.07) is 9.65. The lowest BCUT2D eigenvalue weighted by molar-refractivity contribution is -0.121. The molecule has 0 aliphatic carbocycles. The average Bonchev–Trinajstić information content (AvgIpc) is 2.94. The third-order valence-corrected chi connectivity index (χ3v) is 3.59. The lowest BCUT2D eigenvalue weighted by atomic mass is 10.3. The Morgan fingerprint density at radius 3 is 2.68 bits per heavy atom. The molecule has 1 aromatic carbocycles. The predicted octanol–water partition coefficient (Wildman–Crippen LogP) is 0.428. The van der Waals surface area contributed by atoms with Gasteiger partial charge in [-0.1, -0.05) is 18.2 Å². The molecule has 0 radical (unpaired) electrons. The number of carbonyl (C=O) groups is 1. The van der Waals surface area contributed by atoms with Crippen molar-refractivity contribution in [3.05, 3.63) is 48.3 Å². The number of amides is 1. The molecule has 0 fully saturated rings. The maximum absolute atomic E-state index is 11.6. The molecule has 0 aliphatic rings. The summed E-state index contributed by atoms with van der Waals surface area (Å²) < 4.78 is 25.8.